The average Bonchev–Trinajstić information content (AvgIpc) is 3.14. The van der Waals surface area contributed by atoms with E-state index < -0.39 is 0 Å². The van der Waals surface area contributed by atoms with E-state index in [-0.39, 0.29) is 18.2 Å². The number of Topliss-reactive ketones (excluding diaryl/α,β-unsaturated/α-hetero) is 1. The van der Waals surface area contributed by atoms with E-state index in [0.717, 1.165) is 18.4 Å². The van der Waals surface area contributed by atoms with Gasteiger partial charge in [-0.25, -0.2) is 0 Å². The molecule has 17 heavy (non-hydrogen) atoms. The number of benzene rings is 1. The second-order valence-corrected chi connectivity index (χ2v) is 4.66. The molecule has 1 fully saturated rings. The summed E-state index contributed by atoms with van der Waals surface area (Å²) >= 11 is 0. The van der Waals surface area contributed by atoms with E-state index in [2.05, 4.69) is 0 Å². The summed E-state index contributed by atoms with van der Waals surface area (Å²) in [4.78, 5) is 25.5. The summed E-state index contributed by atoms with van der Waals surface area (Å²) in [5.41, 5.74) is 7.56. The average molecular weight is 230 g/mol. The van der Waals surface area contributed by atoms with Gasteiger partial charge in [0.25, 0.3) is 5.91 Å². The van der Waals surface area contributed by atoms with Gasteiger partial charge in [0, 0.05) is 23.7 Å². The van der Waals surface area contributed by atoms with Crippen LogP contribution in [0.1, 0.15) is 39.1 Å². The van der Waals surface area contributed by atoms with Crippen LogP contribution in [-0.4, -0.2) is 29.2 Å². The fourth-order valence-electron chi connectivity index (χ4n) is 2.30. The van der Waals surface area contributed by atoms with Crippen LogP contribution >= 0.6 is 0 Å². The Kier molecular flexibility index (Phi) is 2.26. The zero-order valence-corrected chi connectivity index (χ0v) is 9.48. The van der Waals surface area contributed by atoms with E-state index in [4.69, 9.17) is 5.73 Å². The number of hydrogen-bond acceptors (Lipinski definition) is 3. The molecule has 1 aromatic rings. The van der Waals surface area contributed by atoms with E-state index in [1.165, 1.54) is 0 Å². The monoisotopic (exact) mass is 230 g/mol. The second-order valence-electron chi connectivity index (χ2n) is 4.66. The lowest BCUT2D eigenvalue weighted by atomic mass is 10.0. The molecular formula is C13H14N2O2. The fourth-order valence-corrected chi connectivity index (χ4v) is 2.30. The Bertz CT molecular complexity index is 506. The van der Waals surface area contributed by atoms with Crippen molar-refractivity contribution in [1.82, 2.24) is 4.90 Å². The summed E-state index contributed by atoms with van der Waals surface area (Å²) in [6.45, 7) is 0.676. The number of nitrogens with zero attached hydrogens (tertiary/aromatic N) is 1. The maximum Gasteiger partial charge on any atom is 0.254 e. The first-order valence-corrected chi connectivity index (χ1v) is 5.88. The Morgan fingerprint density at radius 2 is 2.18 bits per heavy atom. The quantitative estimate of drug-likeness (QED) is 0.786. The molecule has 2 N–H and O–H groups in total. The number of nitrogens with two attached hydrogens (primary N) is 1. The van der Waals surface area contributed by atoms with E-state index in [1.54, 1.807) is 12.1 Å². The number of fused-ring (bicyclic) bond motifs is 1. The molecule has 88 valence electrons. The number of carbonyl (C=O) groups excluding carboxylic acids is 2. The van der Waals surface area contributed by atoms with Crippen LogP contribution in [0.2, 0.25) is 0 Å². The molecule has 0 aromatic heterocycles. The van der Waals surface area contributed by atoms with Crippen LogP contribution in [0.3, 0.4) is 0 Å². The van der Waals surface area contributed by atoms with Crippen molar-refractivity contribution >= 4 is 11.7 Å². The van der Waals surface area contributed by atoms with Gasteiger partial charge in [-0.15, -0.1) is 0 Å². The van der Waals surface area contributed by atoms with Crippen molar-refractivity contribution < 1.29 is 9.59 Å². The highest BCUT2D eigenvalue weighted by Crippen LogP contribution is 2.34. The first-order valence-electron chi connectivity index (χ1n) is 5.88. The highest BCUT2D eigenvalue weighted by molar-refractivity contribution is 6.03. The minimum absolute atomic E-state index is 0.0146. The number of carbonyl (C=O) groups is 2. The van der Waals surface area contributed by atoms with Crippen molar-refractivity contribution in [1.29, 1.82) is 0 Å². The summed E-state index contributed by atoms with van der Waals surface area (Å²) in [7, 11) is 0. The SMILES string of the molecule is NCC(=O)c1ccc2c(c1)C(=O)N(C1CC1)C2. The number of amides is 1. The molecule has 4 heteroatoms. The van der Waals surface area contributed by atoms with Crippen molar-refractivity contribution in [2.24, 2.45) is 5.73 Å². The van der Waals surface area contributed by atoms with Gasteiger partial charge in [-0.2, -0.15) is 0 Å². The van der Waals surface area contributed by atoms with E-state index >= 15 is 0 Å². The molecule has 1 aliphatic carbocycles. The molecule has 3 rings (SSSR count). The molecule has 2 aliphatic rings. The van der Waals surface area contributed by atoms with Gasteiger partial charge < -0.3 is 10.6 Å². The predicted octanol–water partition coefficient (Wildman–Crippen LogP) is 0.946. The Morgan fingerprint density at radius 1 is 1.41 bits per heavy atom. The summed E-state index contributed by atoms with van der Waals surface area (Å²) in [6, 6.07) is 5.74. The molecule has 4 nitrogen and oxygen atoms in total. The molecule has 1 saturated carbocycles. The molecule has 0 unspecified atom stereocenters. The maximum atomic E-state index is 12.1. The summed E-state index contributed by atoms with van der Waals surface area (Å²) in [5.74, 6) is -0.0559. The van der Waals surface area contributed by atoms with Crippen molar-refractivity contribution in [3.8, 4) is 0 Å². The van der Waals surface area contributed by atoms with Gasteiger partial charge in [-0.3, -0.25) is 9.59 Å². The van der Waals surface area contributed by atoms with Gasteiger partial charge in [-0.1, -0.05) is 12.1 Å². The normalized spacial score (nSPS) is 18.4. The van der Waals surface area contributed by atoms with Gasteiger partial charge in [-0.05, 0) is 24.5 Å². The fraction of sp³-hybridized carbons (Fsp3) is 0.385. The van der Waals surface area contributed by atoms with Crippen LogP contribution in [0.4, 0.5) is 0 Å². The molecule has 1 aliphatic heterocycles. The number of ketones is 1. The molecule has 0 saturated heterocycles. The number of rotatable bonds is 3. The van der Waals surface area contributed by atoms with Crippen LogP contribution in [-0.2, 0) is 6.54 Å². The Hall–Kier alpha value is -1.68. The minimum Gasteiger partial charge on any atom is -0.331 e. The van der Waals surface area contributed by atoms with Gasteiger partial charge >= 0.3 is 0 Å². The third-order valence-corrected chi connectivity index (χ3v) is 3.44. The van der Waals surface area contributed by atoms with E-state index in [9.17, 15) is 9.59 Å². The smallest absolute Gasteiger partial charge is 0.254 e. The van der Waals surface area contributed by atoms with Gasteiger partial charge in [0.05, 0.1) is 6.54 Å². The molecule has 1 amide bonds. The lowest BCUT2D eigenvalue weighted by molar-refractivity contribution is 0.0766. The summed E-state index contributed by atoms with van der Waals surface area (Å²) in [6.07, 6.45) is 2.21. The Morgan fingerprint density at radius 3 is 2.82 bits per heavy atom. The standard InChI is InChI=1S/C13H14N2O2/c14-6-12(16)8-1-2-9-7-15(10-3-4-10)13(17)11(9)5-8/h1-2,5,10H,3-4,6-7,14H2. The summed E-state index contributed by atoms with van der Waals surface area (Å²) < 4.78 is 0. The highest BCUT2D eigenvalue weighted by atomic mass is 16.2. The Labute approximate surface area is 99.4 Å². The van der Waals surface area contributed by atoms with Crippen LogP contribution < -0.4 is 5.73 Å². The zero-order valence-electron chi connectivity index (χ0n) is 9.48. The summed E-state index contributed by atoms with van der Waals surface area (Å²) in [5, 5.41) is 0. The molecular weight excluding hydrogens is 216 g/mol. The molecule has 0 spiro atoms. The third-order valence-electron chi connectivity index (χ3n) is 3.44. The van der Waals surface area contributed by atoms with Crippen LogP contribution in [0.15, 0.2) is 18.2 Å². The van der Waals surface area contributed by atoms with Crippen molar-refractivity contribution in [2.75, 3.05) is 6.54 Å². The molecule has 0 radical (unpaired) electrons. The maximum absolute atomic E-state index is 12.1. The minimum atomic E-state index is -0.120. The molecule has 1 aromatic carbocycles. The highest BCUT2D eigenvalue weighted by Gasteiger charge is 2.38. The van der Waals surface area contributed by atoms with Crippen LogP contribution in [0, 0.1) is 0 Å². The largest absolute Gasteiger partial charge is 0.331 e. The van der Waals surface area contributed by atoms with Crippen LogP contribution in [0.5, 0.6) is 0 Å². The third kappa shape index (κ3) is 1.65. The Balaban J connectivity index is 1.95. The van der Waals surface area contributed by atoms with Crippen molar-refractivity contribution in [2.45, 2.75) is 25.4 Å². The first kappa shape index (κ1) is 10.5. The van der Waals surface area contributed by atoms with Gasteiger partial charge in [0.15, 0.2) is 5.78 Å². The van der Waals surface area contributed by atoms with Crippen LogP contribution in [0.25, 0.3) is 0 Å². The molecule has 1 heterocycles. The van der Waals surface area contributed by atoms with Crippen molar-refractivity contribution in [3.05, 3.63) is 34.9 Å². The van der Waals surface area contributed by atoms with E-state index in [1.807, 2.05) is 11.0 Å². The lowest BCUT2D eigenvalue weighted by Crippen LogP contribution is -2.25. The number of hydrogen-bond donors (Lipinski definition) is 1. The van der Waals surface area contributed by atoms with E-state index in [0.29, 0.717) is 23.7 Å². The second kappa shape index (κ2) is 3.67. The first-order chi connectivity index (χ1) is 8.20. The van der Waals surface area contributed by atoms with Crippen molar-refractivity contribution in [3.63, 3.8) is 0 Å². The van der Waals surface area contributed by atoms with Gasteiger partial charge in [0.2, 0.25) is 0 Å². The predicted molar refractivity (Wildman–Crippen MR) is 62.7 cm³/mol. The zero-order chi connectivity index (χ0) is 12.0. The molecule has 0 atom stereocenters. The van der Waals surface area contributed by atoms with Gasteiger partial charge in [0.1, 0.15) is 0 Å². The lowest BCUT2D eigenvalue weighted by Gasteiger charge is -2.13. The topological polar surface area (TPSA) is 63.4 Å². The molecule has 0 bridgehead atoms.